The third-order valence-electron chi connectivity index (χ3n) is 5.91. The molecule has 0 spiro atoms. The van der Waals surface area contributed by atoms with Crippen molar-refractivity contribution in [2.45, 2.75) is 32.2 Å². The van der Waals surface area contributed by atoms with Crippen LogP contribution in [0.2, 0.25) is 0 Å². The standard InChI is InChI=1S/C19H25FN6O.ClH/c1-13-22-23-24-26(13)18(10-14-2-4-17(20)5-3-14)19(27)25-8-6-15-11-21-12-16(15)7-9-25;/h2-5,15-16,18,21H,6-12H2,1H3;1H/t15-,16+,18?;. The van der Waals surface area contributed by atoms with E-state index in [2.05, 4.69) is 20.8 Å². The Morgan fingerprint density at radius 3 is 2.43 bits per heavy atom. The summed E-state index contributed by atoms with van der Waals surface area (Å²) in [6, 6.07) is 5.76. The van der Waals surface area contributed by atoms with Crippen LogP contribution < -0.4 is 5.32 Å². The van der Waals surface area contributed by atoms with Crippen LogP contribution in [0.1, 0.15) is 30.3 Å². The van der Waals surface area contributed by atoms with E-state index in [1.165, 1.54) is 12.1 Å². The molecule has 0 aliphatic carbocycles. The molecule has 0 radical (unpaired) electrons. The highest BCUT2D eigenvalue weighted by atomic mass is 35.5. The zero-order chi connectivity index (χ0) is 18.8. The van der Waals surface area contributed by atoms with Gasteiger partial charge >= 0.3 is 0 Å². The van der Waals surface area contributed by atoms with E-state index in [-0.39, 0.29) is 24.1 Å². The van der Waals surface area contributed by atoms with Crippen molar-refractivity contribution in [3.05, 3.63) is 41.5 Å². The maximum atomic E-state index is 13.4. The molecule has 2 aliphatic rings. The van der Waals surface area contributed by atoms with Gasteiger partial charge < -0.3 is 10.2 Å². The van der Waals surface area contributed by atoms with Crippen LogP contribution in [-0.4, -0.2) is 57.2 Å². The second-order valence-corrected chi connectivity index (χ2v) is 7.60. The summed E-state index contributed by atoms with van der Waals surface area (Å²) in [5.41, 5.74) is 0.889. The fourth-order valence-electron chi connectivity index (χ4n) is 4.30. The van der Waals surface area contributed by atoms with Crippen LogP contribution in [-0.2, 0) is 11.2 Å². The van der Waals surface area contributed by atoms with Crippen molar-refractivity contribution in [1.29, 1.82) is 0 Å². The average molecular weight is 409 g/mol. The first-order chi connectivity index (χ1) is 13.1. The fraction of sp³-hybridized carbons (Fsp3) is 0.579. The van der Waals surface area contributed by atoms with Crippen LogP contribution in [0.25, 0.3) is 0 Å². The van der Waals surface area contributed by atoms with E-state index in [1.54, 1.807) is 23.7 Å². The number of nitrogens with one attached hydrogen (secondary N) is 1. The summed E-state index contributed by atoms with van der Waals surface area (Å²) in [6.45, 7) is 5.44. The van der Waals surface area contributed by atoms with Crippen molar-refractivity contribution in [1.82, 2.24) is 30.4 Å². The van der Waals surface area contributed by atoms with Crippen molar-refractivity contribution in [2.24, 2.45) is 11.8 Å². The minimum absolute atomic E-state index is 0. The molecule has 2 aromatic rings. The molecule has 1 aromatic heterocycles. The van der Waals surface area contributed by atoms with Gasteiger partial charge in [0.2, 0.25) is 5.91 Å². The number of rotatable bonds is 4. The predicted molar refractivity (Wildman–Crippen MR) is 105 cm³/mol. The van der Waals surface area contributed by atoms with Gasteiger partial charge in [0.15, 0.2) is 0 Å². The van der Waals surface area contributed by atoms with Gasteiger partial charge in [-0.25, -0.2) is 9.07 Å². The van der Waals surface area contributed by atoms with Crippen molar-refractivity contribution < 1.29 is 9.18 Å². The highest BCUT2D eigenvalue weighted by molar-refractivity contribution is 5.85. The number of aryl methyl sites for hydroxylation is 1. The Balaban J connectivity index is 0.00000225. The number of hydrogen-bond acceptors (Lipinski definition) is 5. The first-order valence-electron chi connectivity index (χ1n) is 9.60. The summed E-state index contributed by atoms with van der Waals surface area (Å²) in [7, 11) is 0. The predicted octanol–water partition coefficient (Wildman–Crippen LogP) is 1.78. The number of likely N-dealkylation sites (tertiary alicyclic amines) is 1. The van der Waals surface area contributed by atoms with Crippen LogP contribution in [0.5, 0.6) is 0 Å². The highest BCUT2D eigenvalue weighted by Crippen LogP contribution is 2.28. The monoisotopic (exact) mass is 408 g/mol. The van der Waals surface area contributed by atoms with E-state index in [1.807, 2.05) is 4.90 Å². The lowest BCUT2D eigenvalue weighted by molar-refractivity contribution is -0.135. The lowest BCUT2D eigenvalue weighted by Gasteiger charge is -2.27. The number of carbonyl (C=O) groups is 1. The average Bonchev–Trinajstić information content (AvgIpc) is 3.25. The minimum atomic E-state index is -0.512. The van der Waals surface area contributed by atoms with Crippen LogP contribution in [0.4, 0.5) is 4.39 Å². The maximum Gasteiger partial charge on any atom is 0.247 e. The summed E-state index contributed by atoms with van der Waals surface area (Å²) in [5.74, 6) is 1.68. The Hall–Kier alpha value is -2.06. The zero-order valence-corrected chi connectivity index (χ0v) is 16.7. The topological polar surface area (TPSA) is 75.9 Å². The number of benzene rings is 1. The summed E-state index contributed by atoms with van der Waals surface area (Å²) in [5, 5.41) is 15.2. The molecule has 3 heterocycles. The van der Waals surface area contributed by atoms with E-state index >= 15 is 0 Å². The molecule has 0 bridgehead atoms. The van der Waals surface area contributed by atoms with Gasteiger partial charge in [-0.3, -0.25) is 4.79 Å². The number of tetrazole rings is 1. The van der Waals surface area contributed by atoms with E-state index in [4.69, 9.17) is 0 Å². The van der Waals surface area contributed by atoms with E-state index in [0.717, 1.165) is 44.6 Å². The molecule has 152 valence electrons. The molecule has 3 atom stereocenters. The minimum Gasteiger partial charge on any atom is -0.341 e. The fourth-order valence-corrected chi connectivity index (χ4v) is 4.30. The van der Waals surface area contributed by atoms with Crippen molar-refractivity contribution in [3.8, 4) is 0 Å². The Morgan fingerprint density at radius 2 is 1.86 bits per heavy atom. The third kappa shape index (κ3) is 4.33. The number of carbonyl (C=O) groups excluding carboxylic acids is 1. The van der Waals surface area contributed by atoms with Crippen molar-refractivity contribution in [2.75, 3.05) is 26.2 Å². The quantitative estimate of drug-likeness (QED) is 0.834. The van der Waals surface area contributed by atoms with Gasteiger partial charge in [0.05, 0.1) is 0 Å². The lowest BCUT2D eigenvalue weighted by atomic mass is 9.92. The van der Waals surface area contributed by atoms with Gasteiger partial charge in [-0.15, -0.1) is 17.5 Å². The Kier molecular flexibility index (Phi) is 6.61. The number of hydrogen-bond donors (Lipinski definition) is 1. The second-order valence-electron chi connectivity index (χ2n) is 7.60. The molecule has 0 saturated carbocycles. The number of fused-ring (bicyclic) bond motifs is 1. The van der Waals surface area contributed by atoms with Crippen molar-refractivity contribution >= 4 is 18.3 Å². The molecule has 2 aliphatic heterocycles. The molecule has 1 aromatic carbocycles. The molecule has 9 heteroatoms. The van der Waals surface area contributed by atoms with E-state index < -0.39 is 6.04 Å². The molecular formula is C19H26ClFN6O. The number of halogens is 2. The molecule has 28 heavy (non-hydrogen) atoms. The van der Waals surface area contributed by atoms with Crippen LogP contribution in [0.15, 0.2) is 24.3 Å². The summed E-state index contributed by atoms with van der Waals surface area (Å²) in [4.78, 5) is 15.4. The van der Waals surface area contributed by atoms with E-state index in [9.17, 15) is 9.18 Å². The second kappa shape index (κ2) is 8.96. The molecule has 1 N–H and O–H groups in total. The van der Waals surface area contributed by atoms with Gasteiger partial charge in [-0.05, 0) is 72.8 Å². The van der Waals surface area contributed by atoms with E-state index in [0.29, 0.717) is 24.1 Å². The van der Waals surface area contributed by atoms with Crippen LogP contribution in [0.3, 0.4) is 0 Å². The Labute approximate surface area is 170 Å². The molecular weight excluding hydrogens is 383 g/mol. The normalized spacial score (nSPS) is 22.9. The highest BCUT2D eigenvalue weighted by Gasteiger charge is 2.34. The van der Waals surface area contributed by atoms with Gasteiger partial charge in [0.1, 0.15) is 17.7 Å². The molecule has 1 unspecified atom stereocenters. The zero-order valence-electron chi connectivity index (χ0n) is 15.9. The van der Waals surface area contributed by atoms with Gasteiger partial charge in [0, 0.05) is 19.5 Å². The summed E-state index contributed by atoms with van der Waals surface area (Å²) in [6.07, 6.45) is 2.50. The molecule has 2 saturated heterocycles. The molecule has 1 amide bonds. The Bertz CT molecular complexity index is 784. The smallest absolute Gasteiger partial charge is 0.247 e. The van der Waals surface area contributed by atoms with Gasteiger partial charge in [-0.1, -0.05) is 12.1 Å². The largest absolute Gasteiger partial charge is 0.341 e. The maximum absolute atomic E-state index is 13.4. The number of amides is 1. The SMILES string of the molecule is Cc1nnnn1C(Cc1ccc(F)cc1)C(=O)N1CC[C@@H]2CNC[C@@H]2CC1.Cl. The van der Waals surface area contributed by atoms with Crippen molar-refractivity contribution in [3.63, 3.8) is 0 Å². The Morgan fingerprint density at radius 1 is 1.21 bits per heavy atom. The van der Waals surface area contributed by atoms with Crippen LogP contribution in [0, 0.1) is 24.6 Å². The molecule has 7 nitrogen and oxygen atoms in total. The van der Waals surface area contributed by atoms with Gasteiger partial charge in [-0.2, -0.15) is 0 Å². The number of nitrogens with zero attached hydrogens (tertiary/aromatic N) is 5. The number of aromatic nitrogens is 4. The first kappa shape index (κ1) is 20.7. The van der Waals surface area contributed by atoms with Gasteiger partial charge in [0.25, 0.3) is 0 Å². The van der Waals surface area contributed by atoms with Crippen LogP contribution >= 0.6 is 12.4 Å². The molecule has 4 rings (SSSR count). The lowest BCUT2D eigenvalue weighted by Crippen LogP contribution is -2.40. The summed E-state index contributed by atoms with van der Waals surface area (Å²) < 4.78 is 14.8. The first-order valence-corrected chi connectivity index (χ1v) is 9.60. The third-order valence-corrected chi connectivity index (χ3v) is 5.91. The summed E-state index contributed by atoms with van der Waals surface area (Å²) >= 11 is 0. The molecule has 2 fully saturated rings.